The molecule has 19 N–H and O–H groups in total. The van der Waals surface area contributed by atoms with Gasteiger partial charge in [0, 0.05) is 105 Å². The molecule has 0 fully saturated rings. The molecule has 0 aromatic rings. The first kappa shape index (κ1) is 87.9. The molecule has 0 saturated carbocycles. The van der Waals surface area contributed by atoms with Crippen LogP contribution in [-0.4, -0.2) is 224 Å². The number of nitrogens with zero attached hydrogens (tertiary/aromatic N) is 5. The lowest BCUT2D eigenvalue weighted by Crippen LogP contribution is -2.56. The van der Waals surface area contributed by atoms with E-state index in [1.54, 1.807) is 6.92 Å². The fourth-order valence-electron chi connectivity index (χ4n) is 11.3. The molecule has 0 aromatic carbocycles. The van der Waals surface area contributed by atoms with Gasteiger partial charge in [0.25, 0.3) is 0 Å². The van der Waals surface area contributed by atoms with E-state index in [0.717, 1.165) is 19.3 Å². The van der Waals surface area contributed by atoms with Crippen LogP contribution in [-0.2, 0) is 52.7 Å². The molecule has 0 aliphatic heterocycles. The van der Waals surface area contributed by atoms with Crippen LogP contribution < -0.4 is 66.7 Å². The van der Waals surface area contributed by atoms with E-state index in [4.69, 9.17) is 40.1 Å². The summed E-state index contributed by atoms with van der Waals surface area (Å²) in [6.45, 7) is 9.13. The molecule has 0 rings (SSSR count). The van der Waals surface area contributed by atoms with Gasteiger partial charge in [-0.05, 0) is 137 Å². The molecular formula is C66H129N17O11. The first-order valence-corrected chi connectivity index (χ1v) is 35.4. The number of amides is 11. The van der Waals surface area contributed by atoms with E-state index < -0.39 is 77.5 Å². The summed E-state index contributed by atoms with van der Waals surface area (Å²) >= 11 is 0. The molecule has 0 saturated heterocycles. The van der Waals surface area contributed by atoms with Crippen LogP contribution in [0, 0.1) is 0 Å². The highest BCUT2D eigenvalue weighted by molar-refractivity contribution is 5.91. The Morgan fingerprint density at radius 1 is 0.319 bits per heavy atom. The highest BCUT2D eigenvalue weighted by Crippen LogP contribution is 2.18. The Morgan fingerprint density at radius 2 is 0.596 bits per heavy atom. The lowest BCUT2D eigenvalue weighted by molar-refractivity contribution is -0.142. The third-order valence-electron chi connectivity index (χ3n) is 16.9. The molecule has 0 unspecified atom stereocenters. The third-order valence-corrected chi connectivity index (χ3v) is 16.9. The second-order valence-corrected chi connectivity index (χ2v) is 24.5. The second kappa shape index (κ2) is 56.1. The summed E-state index contributed by atoms with van der Waals surface area (Å²) in [7, 11) is 0. The Labute approximate surface area is 562 Å². The van der Waals surface area contributed by atoms with Gasteiger partial charge in [0.1, 0.15) is 30.2 Å². The van der Waals surface area contributed by atoms with Crippen molar-refractivity contribution in [1.82, 2.24) is 51.1 Å². The van der Waals surface area contributed by atoms with Crippen LogP contribution >= 0.6 is 0 Å². The molecule has 0 aliphatic carbocycles. The summed E-state index contributed by atoms with van der Waals surface area (Å²) in [6, 6.07) is -5.01. The number of carbonyl (C=O) groups excluding carboxylic acids is 11. The Hall–Kier alpha value is -6.07. The Kier molecular flexibility index (Phi) is 52.5. The summed E-state index contributed by atoms with van der Waals surface area (Å²) in [5, 5.41) is 14.2. The van der Waals surface area contributed by atoms with Gasteiger partial charge in [-0.2, -0.15) is 0 Å². The molecule has 28 heteroatoms. The van der Waals surface area contributed by atoms with E-state index in [2.05, 4.69) is 33.5 Å². The Bertz CT molecular complexity index is 2170. The maximum absolute atomic E-state index is 14.5. The van der Waals surface area contributed by atoms with E-state index in [1.165, 1.54) is 109 Å². The van der Waals surface area contributed by atoms with Gasteiger partial charge in [-0.15, -0.1) is 0 Å². The zero-order valence-corrected chi connectivity index (χ0v) is 58.5. The summed E-state index contributed by atoms with van der Waals surface area (Å²) in [5.41, 5.74) is 40.6. The number of nitrogens with two attached hydrogens (primary N) is 7. The van der Waals surface area contributed by atoms with Crippen molar-refractivity contribution in [2.75, 3.05) is 105 Å². The van der Waals surface area contributed by atoms with Crippen molar-refractivity contribution in [3.05, 3.63) is 0 Å². The molecule has 0 radical (unpaired) electrons. The zero-order chi connectivity index (χ0) is 70.5. The van der Waals surface area contributed by atoms with Gasteiger partial charge in [-0.3, -0.25) is 52.7 Å². The van der Waals surface area contributed by atoms with Crippen LogP contribution in [0.3, 0.4) is 0 Å². The van der Waals surface area contributed by atoms with E-state index in [9.17, 15) is 52.7 Å². The predicted molar refractivity (Wildman–Crippen MR) is 368 cm³/mol. The van der Waals surface area contributed by atoms with Crippen LogP contribution in [0.4, 0.5) is 0 Å². The van der Waals surface area contributed by atoms with Crippen molar-refractivity contribution < 1.29 is 52.7 Å². The van der Waals surface area contributed by atoms with E-state index in [1.807, 2.05) is 0 Å². The van der Waals surface area contributed by atoms with Crippen LogP contribution in [0.5, 0.6) is 0 Å². The number of hydrogen-bond acceptors (Lipinski definition) is 17. The van der Waals surface area contributed by atoms with Gasteiger partial charge in [0.05, 0.1) is 0 Å². The predicted octanol–water partition coefficient (Wildman–Crippen LogP) is 1.20. The average Bonchev–Trinajstić information content (AvgIpc) is 0.920. The maximum atomic E-state index is 14.5. The largest absolute Gasteiger partial charge is 0.368 e. The molecule has 544 valence electrons. The molecule has 0 aromatic heterocycles. The highest BCUT2D eigenvalue weighted by Gasteiger charge is 2.34. The molecule has 5 atom stereocenters. The van der Waals surface area contributed by atoms with Crippen molar-refractivity contribution >= 4 is 65.0 Å². The van der Waals surface area contributed by atoms with Crippen LogP contribution in [0.25, 0.3) is 0 Å². The van der Waals surface area contributed by atoms with E-state index >= 15 is 0 Å². The number of primary amides is 1. The Balaban J connectivity index is 6.08. The van der Waals surface area contributed by atoms with Gasteiger partial charge in [0.2, 0.25) is 65.0 Å². The SMILES string of the molecule is CCCCCCCCCCCCCCCC(=O)NCCN(C(C)=O)[C@@H](C)C(=O)NCCN(C(C)=O)[C@@H](C)C(=O)NCCN(C(=O)CCCN)[C@@H](CCCCN)C(=O)NCCN(C(=O)CCCN)[C@@H](CCCCN)C(=O)NCCN(C(=O)CCCN)[C@@H](CCCCN)C(N)=O. The second-order valence-electron chi connectivity index (χ2n) is 24.5. The lowest BCUT2D eigenvalue weighted by Gasteiger charge is -2.34. The average molecular weight is 1340 g/mol. The summed E-state index contributed by atoms with van der Waals surface area (Å²) in [4.78, 5) is 155. The molecule has 28 nitrogen and oxygen atoms in total. The number of carbonyl (C=O) groups is 11. The van der Waals surface area contributed by atoms with Gasteiger partial charge >= 0.3 is 0 Å². The van der Waals surface area contributed by atoms with Crippen LogP contribution in [0.2, 0.25) is 0 Å². The van der Waals surface area contributed by atoms with Crippen LogP contribution in [0.1, 0.15) is 221 Å². The smallest absolute Gasteiger partial charge is 0.242 e. The molecule has 11 amide bonds. The molecular weight excluding hydrogens is 1210 g/mol. The van der Waals surface area contributed by atoms with Crippen molar-refractivity contribution in [3.8, 4) is 0 Å². The maximum Gasteiger partial charge on any atom is 0.242 e. The lowest BCUT2D eigenvalue weighted by atomic mass is 10.0. The molecule has 0 heterocycles. The van der Waals surface area contributed by atoms with Crippen molar-refractivity contribution in [2.24, 2.45) is 40.1 Å². The number of unbranched alkanes of at least 4 members (excludes halogenated alkanes) is 15. The highest BCUT2D eigenvalue weighted by atomic mass is 16.2. The minimum absolute atomic E-state index is 0.00232. The van der Waals surface area contributed by atoms with Gasteiger partial charge in [0.15, 0.2) is 0 Å². The van der Waals surface area contributed by atoms with Gasteiger partial charge in [-0.1, -0.05) is 84.0 Å². The van der Waals surface area contributed by atoms with Crippen LogP contribution in [0.15, 0.2) is 0 Å². The topological polar surface area (TPSA) is 446 Å². The standard InChI is InChI=1S/C66H129N17O11/c1-6-7-8-9-10-11-12-13-14-15-16-17-18-31-58(86)74-41-46-79(53(4)84)51(2)63(91)75-42-47-80(54(5)85)52(3)64(92)76-43-49-82(60(88)33-26-39-71)56(29-20-23-36-68)66(94)78-45-50-83(61(89)34-27-40-72)57(30-21-24-37-69)65(93)77-44-48-81(59(87)32-25-38-70)55(62(73)90)28-19-22-35-67/h51-52,55-57H,6-50,67-72H2,1-5H3,(H2,73,90)(H,74,86)(H,75,91)(H,76,92)(H,77,93)(H,78,94)/t51-,52-,55-,56-,57-/m0/s1. The normalized spacial score (nSPS) is 12.7. The third kappa shape index (κ3) is 39.1. The quantitative estimate of drug-likeness (QED) is 0.0381. The summed E-state index contributed by atoms with van der Waals surface area (Å²) in [5.74, 6) is -4.93. The van der Waals surface area contributed by atoms with E-state index in [-0.39, 0.29) is 141 Å². The molecule has 0 spiro atoms. The first-order chi connectivity index (χ1) is 45.1. The summed E-state index contributed by atoms with van der Waals surface area (Å²) < 4.78 is 0. The number of nitrogens with one attached hydrogen (secondary N) is 5. The minimum Gasteiger partial charge on any atom is -0.368 e. The van der Waals surface area contributed by atoms with Gasteiger partial charge < -0.3 is 91.2 Å². The van der Waals surface area contributed by atoms with Crippen molar-refractivity contribution in [2.45, 2.75) is 251 Å². The molecule has 0 aliphatic rings. The molecule has 0 bridgehead atoms. The van der Waals surface area contributed by atoms with Crippen molar-refractivity contribution in [1.29, 1.82) is 0 Å². The van der Waals surface area contributed by atoms with Crippen molar-refractivity contribution in [3.63, 3.8) is 0 Å². The molecule has 94 heavy (non-hydrogen) atoms. The fraction of sp³-hybridized carbons (Fsp3) is 0.833. The minimum atomic E-state index is -1.07. The number of hydrogen-bond donors (Lipinski definition) is 12. The Morgan fingerprint density at radius 3 is 0.904 bits per heavy atom. The fourth-order valence-corrected chi connectivity index (χ4v) is 11.3. The monoisotopic (exact) mass is 1340 g/mol. The van der Waals surface area contributed by atoms with E-state index in [0.29, 0.717) is 83.8 Å². The summed E-state index contributed by atoms with van der Waals surface area (Å²) in [6.07, 6.45) is 20.9. The van der Waals surface area contributed by atoms with Gasteiger partial charge in [-0.25, -0.2) is 0 Å². The first-order valence-electron chi connectivity index (χ1n) is 35.4. The zero-order valence-electron chi connectivity index (χ0n) is 58.5. The number of rotatable bonds is 60.